The molecule has 0 aliphatic heterocycles. The van der Waals surface area contributed by atoms with Crippen LogP contribution in [0.25, 0.3) is 0 Å². The van der Waals surface area contributed by atoms with Gasteiger partial charge in [0.1, 0.15) is 0 Å². The number of carbonyl (C=O) groups excluding carboxylic acids is 1. The van der Waals surface area contributed by atoms with E-state index in [1.165, 1.54) is 0 Å². The monoisotopic (exact) mass is 363 g/mol. The van der Waals surface area contributed by atoms with Gasteiger partial charge in [-0.1, -0.05) is 44.2 Å². The normalized spacial score (nSPS) is 13.0. The molecule has 4 nitrogen and oxygen atoms in total. The number of hydrogen-bond acceptors (Lipinski definition) is 3. The number of amides is 1. The summed E-state index contributed by atoms with van der Waals surface area (Å²) in [4.78, 5) is 14.4. The largest absolute Gasteiger partial charge is 0.351 e. The molecule has 2 unspecified atom stereocenters. The molecule has 1 rings (SSSR count). The molecule has 1 aromatic carbocycles. The Hall–Kier alpha value is -0.810. The number of nitrogens with zero attached hydrogens (tertiary/aromatic N) is 1. The Bertz CT molecular complexity index is 417. The molecule has 0 radical (unpaired) electrons. The van der Waals surface area contributed by atoms with Gasteiger partial charge in [0.15, 0.2) is 0 Å². The summed E-state index contributed by atoms with van der Waals surface area (Å²) in [5, 5.41) is 3.09. The van der Waals surface area contributed by atoms with Gasteiger partial charge < -0.3 is 16.0 Å². The summed E-state index contributed by atoms with van der Waals surface area (Å²) in [6.45, 7) is 5.17. The second kappa shape index (κ2) is 12.6. The van der Waals surface area contributed by atoms with Crippen LogP contribution in [0.15, 0.2) is 30.3 Å². The predicted octanol–water partition coefficient (Wildman–Crippen LogP) is 2.49. The second-order valence-electron chi connectivity index (χ2n) is 6.39. The van der Waals surface area contributed by atoms with E-state index < -0.39 is 6.04 Å². The highest BCUT2D eigenvalue weighted by Gasteiger charge is 2.19. The maximum absolute atomic E-state index is 12.3. The van der Waals surface area contributed by atoms with Crippen LogP contribution in [0, 0.1) is 5.92 Å². The van der Waals surface area contributed by atoms with Gasteiger partial charge in [-0.2, -0.15) is 0 Å². The van der Waals surface area contributed by atoms with Crippen molar-refractivity contribution in [3.63, 3.8) is 0 Å². The summed E-state index contributed by atoms with van der Waals surface area (Å²) in [5.41, 5.74) is 7.12. The molecule has 23 heavy (non-hydrogen) atoms. The standard InChI is InChI=1S/C17H29N3O.2ClH/c1-13(2)10-15(12-20(3)4)19-17(21)16(18)11-14-8-6-5-7-9-14;;/h5-9,13,15-16H,10-12,18H2,1-4H3,(H,19,21);2*1H. The quantitative estimate of drug-likeness (QED) is 0.745. The van der Waals surface area contributed by atoms with Crippen LogP contribution in [-0.4, -0.2) is 43.5 Å². The van der Waals surface area contributed by atoms with E-state index in [1.807, 2.05) is 44.4 Å². The van der Waals surface area contributed by atoms with Crippen molar-refractivity contribution >= 4 is 30.7 Å². The van der Waals surface area contributed by atoms with Gasteiger partial charge in [-0.05, 0) is 38.4 Å². The van der Waals surface area contributed by atoms with Crippen molar-refractivity contribution in [1.82, 2.24) is 10.2 Å². The molecule has 3 N–H and O–H groups in total. The van der Waals surface area contributed by atoms with Gasteiger partial charge in [0.25, 0.3) is 0 Å². The van der Waals surface area contributed by atoms with E-state index in [0.29, 0.717) is 12.3 Å². The first-order valence-electron chi connectivity index (χ1n) is 7.63. The first-order valence-corrected chi connectivity index (χ1v) is 7.63. The molecule has 0 aliphatic carbocycles. The van der Waals surface area contributed by atoms with Gasteiger partial charge in [0.05, 0.1) is 6.04 Å². The molecule has 1 amide bonds. The highest BCUT2D eigenvalue weighted by Crippen LogP contribution is 2.07. The minimum absolute atomic E-state index is 0. The van der Waals surface area contributed by atoms with Crippen LogP contribution in [0.2, 0.25) is 0 Å². The van der Waals surface area contributed by atoms with Gasteiger partial charge in [0, 0.05) is 12.6 Å². The summed E-state index contributed by atoms with van der Waals surface area (Å²) in [6, 6.07) is 9.54. The van der Waals surface area contributed by atoms with Crippen molar-refractivity contribution < 1.29 is 4.79 Å². The Morgan fingerprint density at radius 3 is 2.22 bits per heavy atom. The average molecular weight is 364 g/mol. The van der Waals surface area contributed by atoms with E-state index in [2.05, 4.69) is 24.1 Å². The number of benzene rings is 1. The number of likely N-dealkylation sites (N-methyl/N-ethyl adjacent to an activating group) is 1. The molecule has 0 bridgehead atoms. The number of halogens is 2. The molecule has 0 heterocycles. The average Bonchev–Trinajstić information content (AvgIpc) is 2.38. The van der Waals surface area contributed by atoms with Crippen LogP contribution in [0.3, 0.4) is 0 Å². The minimum atomic E-state index is -0.496. The zero-order chi connectivity index (χ0) is 15.8. The topological polar surface area (TPSA) is 58.4 Å². The number of nitrogens with one attached hydrogen (secondary N) is 1. The maximum atomic E-state index is 12.3. The number of carbonyl (C=O) groups is 1. The van der Waals surface area contributed by atoms with Crippen molar-refractivity contribution in [2.75, 3.05) is 20.6 Å². The molecule has 6 heteroatoms. The summed E-state index contributed by atoms with van der Waals surface area (Å²) >= 11 is 0. The van der Waals surface area contributed by atoms with Gasteiger partial charge in [-0.15, -0.1) is 24.8 Å². The fourth-order valence-electron chi connectivity index (χ4n) is 2.46. The molecule has 0 aromatic heterocycles. The lowest BCUT2D eigenvalue weighted by Gasteiger charge is -2.25. The highest BCUT2D eigenvalue weighted by molar-refractivity contribution is 5.85. The fourth-order valence-corrected chi connectivity index (χ4v) is 2.46. The Morgan fingerprint density at radius 1 is 1.17 bits per heavy atom. The van der Waals surface area contributed by atoms with E-state index in [4.69, 9.17) is 5.73 Å². The minimum Gasteiger partial charge on any atom is -0.351 e. The van der Waals surface area contributed by atoms with Gasteiger partial charge in [-0.3, -0.25) is 4.79 Å². The first kappa shape index (κ1) is 24.4. The Kier molecular flexibility index (Phi) is 13.4. The van der Waals surface area contributed by atoms with E-state index in [-0.39, 0.29) is 36.8 Å². The molecular formula is C17H31Cl2N3O. The van der Waals surface area contributed by atoms with E-state index in [1.54, 1.807) is 0 Å². The Labute approximate surface area is 153 Å². The molecule has 0 aliphatic rings. The molecule has 2 atom stereocenters. The highest BCUT2D eigenvalue weighted by atomic mass is 35.5. The second-order valence-corrected chi connectivity index (χ2v) is 6.39. The number of hydrogen-bond donors (Lipinski definition) is 2. The van der Waals surface area contributed by atoms with E-state index in [9.17, 15) is 4.79 Å². The lowest BCUT2D eigenvalue weighted by Crippen LogP contribution is -2.49. The molecule has 134 valence electrons. The Balaban J connectivity index is 0. The zero-order valence-electron chi connectivity index (χ0n) is 14.5. The molecule has 0 saturated carbocycles. The maximum Gasteiger partial charge on any atom is 0.237 e. The number of nitrogens with two attached hydrogens (primary N) is 1. The van der Waals surface area contributed by atoms with Crippen LogP contribution < -0.4 is 11.1 Å². The van der Waals surface area contributed by atoms with Crippen molar-refractivity contribution in [3.05, 3.63) is 35.9 Å². The van der Waals surface area contributed by atoms with Crippen molar-refractivity contribution in [2.45, 2.75) is 38.8 Å². The van der Waals surface area contributed by atoms with Crippen molar-refractivity contribution in [1.29, 1.82) is 0 Å². The zero-order valence-corrected chi connectivity index (χ0v) is 16.1. The van der Waals surface area contributed by atoms with Crippen LogP contribution in [0.1, 0.15) is 25.8 Å². The SMILES string of the molecule is CC(C)CC(CN(C)C)NC(=O)C(N)Cc1ccccc1.Cl.Cl. The lowest BCUT2D eigenvalue weighted by molar-refractivity contribution is -0.123. The van der Waals surface area contributed by atoms with Crippen molar-refractivity contribution in [2.24, 2.45) is 11.7 Å². The molecule has 0 saturated heterocycles. The van der Waals surface area contributed by atoms with Gasteiger partial charge in [-0.25, -0.2) is 0 Å². The molecule has 0 fully saturated rings. The van der Waals surface area contributed by atoms with Crippen LogP contribution in [0.5, 0.6) is 0 Å². The van der Waals surface area contributed by atoms with Crippen LogP contribution in [-0.2, 0) is 11.2 Å². The third kappa shape index (κ3) is 10.6. The summed E-state index contributed by atoms with van der Waals surface area (Å²) in [7, 11) is 4.03. The Morgan fingerprint density at radius 2 is 1.74 bits per heavy atom. The van der Waals surface area contributed by atoms with Crippen molar-refractivity contribution in [3.8, 4) is 0 Å². The van der Waals surface area contributed by atoms with Crippen LogP contribution >= 0.6 is 24.8 Å². The third-order valence-corrected chi connectivity index (χ3v) is 3.32. The molecule has 1 aromatic rings. The summed E-state index contributed by atoms with van der Waals surface area (Å²) < 4.78 is 0. The van der Waals surface area contributed by atoms with Gasteiger partial charge >= 0.3 is 0 Å². The summed E-state index contributed by atoms with van der Waals surface area (Å²) in [6.07, 6.45) is 1.53. The lowest BCUT2D eigenvalue weighted by atomic mass is 10.0. The van der Waals surface area contributed by atoms with Gasteiger partial charge in [0.2, 0.25) is 5.91 Å². The smallest absolute Gasteiger partial charge is 0.237 e. The molecule has 0 spiro atoms. The summed E-state index contributed by atoms with van der Waals surface area (Å²) in [5.74, 6) is 0.479. The predicted molar refractivity (Wildman–Crippen MR) is 103 cm³/mol. The van der Waals surface area contributed by atoms with E-state index >= 15 is 0 Å². The first-order chi connectivity index (χ1) is 9.88. The van der Waals surface area contributed by atoms with E-state index in [0.717, 1.165) is 18.5 Å². The van der Waals surface area contributed by atoms with Crippen LogP contribution in [0.4, 0.5) is 0 Å². The molecular weight excluding hydrogens is 333 g/mol. The number of rotatable bonds is 8. The third-order valence-electron chi connectivity index (χ3n) is 3.32. The fraction of sp³-hybridized carbons (Fsp3) is 0.588.